The third-order valence-electron chi connectivity index (χ3n) is 16.4. The highest BCUT2D eigenvalue weighted by atomic mass is 16.5. The van der Waals surface area contributed by atoms with E-state index in [9.17, 15) is 0 Å². The maximum absolute atomic E-state index is 6.95. The quantitative estimate of drug-likeness (QED) is 0.129. The van der Waals surface area contributed by atoms with Gasteiger partial charge < -0.3 is 9.47 Å². The molecule has 0 amide bonds. The summed E-state index contributed by atoms with van der Waals surface area (Å²) in [5.74, 6) is 3.55. The van der Waals surface area contributed by atoms with E-state index in [0.717, 1.165) is 55.8 Å². The number of fused-ring (bicyclic) bond motifs is 8. The number of hydrogen-bond acceptors (Lipinski definition) is 2. The molecule has 0 radical (unpaired) electrons. The summed E-state index contributed by atoms with van der Waals surface area (Å²) in [5, 5.41) is 19.7. The van der Waals surface area contributed by atoms with Crippen LogP contribution in [0, 0.1) is 0 Å². The molecule has 2 aliphatic heterocycles. The summed E-state index contributed by atoms with van der Waals surface area (Å²) in [6, 6.07) is 89.5. The molecule has 0 fully saturated rings. The molecule has 15 aromatic rings. The van der Waals surface area contributed by atoms with Crippen molar-refractivity contribution >= 4 is 86.2 Å². The van der Waals surface area contributed by atoms with Gasteiger partial charge in [-0.3, -0.25) is 0 Å². The zero-order valence-corrected chi connectivity index (χ0v) is 39.9. The molecule has 0 saturated heterocycles. The van der Waals surface area contributed by atoms with E-state index < -0.39 is 0 Å². The molecule has 74 heavy (non-hydrogen) atoms. The predicted octanol–water partition coefficient (Wildman–Crippen LogP) is 20.6. The molecule has 2 aliphatic rings. The second-order valence-electron chi connectivity index (χ2n) is 20.2. The van der Waals surface area contributed by atoms with E-state index in [2.05, 4.69) is 237 Å². The fraction of sp³-hybridized carbons (Fsp3) is 0. The molecule has 0 bridgehead atoms. The Morgan fingerprint density at radius 3 is 1.66 bits per heavy atom. The van der Waals surface area contributed by atoms with Gasteiger partial charge in [0, 0.05) is 27.5 Å². The largest absolute Gasteiger partial charge is 0.456 e. The Kier molecular flexibility index (Phi) is 8.03. The molecular formula is C72H40O2. The molecule has 0 atom stereocenters. The second kappa shape index (κ2) is 14.9. The van der Waals surface area contributed by atoms with Gasteiger partial charge in [0.2, 0.25) is 0 Å². The van der Waals surface area contributed by atoms with Crippen molar-refractivity contribution < 1.29 is 9.47 Å². The molecule has 0 aliphatic carbocycles. The standard InChI is InChI=1S/C72H40O2/c1-2-15-51-41(9-1)23-32-60-62(51)39-50-38-47(27-31-55(50)68(60)49-14-6-13-46(37-49)53-35-36-65-71-57(53)17-8-18-58(71)56-16-3-4-19-63(56)73-65)54-30-25-44-12-7-20-64-70(44)72(54)61-34-28-48(40-66(61)74-64)52-29-24-45-22-21-42-10-5-11-43-26-33-59(52)69(45)67(42)43/h1-40H. The minimum atomic E-state index is 0.870. The molecule has 0 spiro atoms. The Hall–Kier alpha value is -9.76. The van der Waals surface area contributed by atoms with Crippen molar-refractivity contribution in [3.05, 3.63) is 243 Å². The first-order valence-electron chi connectivity index (χ1n) is 25.5. The van der Waals surface area contributed by atoms with Crippen LogP contribution in [-0.4, -0.2) is 0 Å². The lowest BCUT2D eigenvalue weighted by Crippen LogP contribution is -1.99. The van der Waals surface area contributed by atoms with Crippen molar-refractivity contribution in [1.82, 2.24) is 0 Å². The van der Waals surface area contributed by atoms with Crippen LogP contribution in [-0.2, 0) is 0 Å². The van der Waals surface area contributed by atoms with Crippen LogP contribution in [0.5, 0.6) is 23.0 Å². The maximum atomic E-state index is 6.95. The van der Waals surface area contributed by atoms with Crippen LogP contribution in [0.1, 0.15) is 0 Å². The average molecular weight is 937 g/mol. The van der Waals surface area contributed by atoms with E-state index in [1.807, 2.05) is 6.07 Å². The Balaban J connectivity index is 0.844. The van der Waals surface area contributed by atoms with Crippen LogP contribution in [0.2, 0.25) is 0 Å². The monoisotopic (exact) mass is 936 g/mol. The minimum Gasteiger partial charge on any atom is -0.456 e. The Morgan fingerprint density at radius 1 is 0.189 bits per heavy atom. The Labute approximate surface area is 425 Å². The topological polar surface area (TPSA) is 18.5 Å². The van der Waals surface area contributed by atoms with Gasteiger partial charge in [-0.2, -0.15) is 0 Å². The number of benzene rings is 15. The molecule has 17 rings (SSSR count). The normalized spacial score (nSPS) is 12.5. The van der Waals surface area contributed by atoms with Crippen LogP contribution >= 0.6 is 0 Å². The SMILES string of the molecule is c1cc(-c2ccc3c4c(cccc24)-c2ccccc2O3)cc(-c2c3ccc(-c4ccc5cccc6c5c4-c4ccc(-c5ccc7ccc8cccc9ccc5c7c89)cc4O6)cc3cc3c2ccc2ccccc23)c1. The van der Waals surface area contributed by atoms with Gasteiger partial charge >= 0.3 is 0 Å². The lowest BCUT2D eigenvalue weighted by atomic mass is 9.84. The van der Waals surface area contributed by atoms with E-state index in [0.29, 0.717) is 0 Å². The fourth-order valence-corrected chi connectivity index (χ4v) is 13.1. The Bertz CT molecular complexity index is 4950. The summed E-state index contributed by atoms with van der Waals surface area (Å²) in [6.45, 7) is 0. The van der Waals surface area contributed by atoms with Gasteiger partial charge in [0.05, 0.1) is 0 Å². The molecule has 2 heteroatoms. The van der Waals surface area contributed by atoms with Gasteiger partial charge in [0.15, 0.2) is 0 Å². The van der Waals surface area contributed by atoms with Gasteiger partial charge in [-0.25, -0.2) is 0 Å². The summed E-state index contributed by atoms with van der Waals surface area (Å²) in [4.78, 5) is 0. The van der Waals surface area contributed by atoms with Crippen LogP contribution in [0.25, 0.3) is 153 Å². The van der Waals surface area contributed by atoms with E-state index in [4.69, 9.17) is 9.47 Å². The number of para-hydroxylation sites is 1. The van der Waals surface area contributed by atoms with Crippen LogP contribution < -0.4 is 9.47 Å². The van der Waals surface area contributed by atoms with Gasteiger partial charge in [-0.1, -0.05) is 194 Å². The third-order valence-corrected chi connectivity index (χ3v) is 16.4. The first-order valence-corrected chi connectivity index (χ1v) is 25.5. The van der Waals surface area contributed by atoms with Gasteiger partial charge in [0.25, 0.3) is 0 Å². The summed E-state index contributed by atoms with van der Waals surface area (Å²) < 4.78 is 13.5. The summed E-state index contributed by atoms with van der Waals surface area (Å²) in [6.07, 6.45) is 0. The highest BCUT2D eigenvalue weighted by Gasteiger charge is 2.26. The predicted molar refractivity (Wildman–Crippen MR) is 310 cm³/mol. The number of ether oxygens (including phenoxy) is 2. The van der Waals surface area contributed by atoms with E-state index in [1.54, 1.807) is 0 Å². The summed E-state index contributed by atoms with van der Waals surface area (Å²) >= 11 is 0. The molecule has 340 valence electrons. The fourth-order valence-electron chi connectivity index (χ4n) is 13.1. The number of rotatable bonds is 4. The first-order chi connectivity index (χ1) is 36.7. The van der Waals surface area contributed by atoms with Crippen molar-refractivity contribution in [3.63, 3.8) is 0 Å². The molecule has 15 aromatic carbocycles. The average Bonchev–Trinajstić information content (AvgIpc) is 3.49. The molecule has 0 unspecified atom stereocenters. The van der Waals surface area contributed by atoms with Gasteiger partial charge in [-0.05, 0) is 174 Å². The first kappa shape index (κ1) is 39.9. The summed E-state index contributed by atoms with van der Waals surface area (Å²) in [7, 11) is 0. The zero-order chi connectivity index (χ0) is 48.2. The molecule has 0 saturated carbocycles. The highest BCUT2D eigenvalue weighted by Crippen LogP contribution is 2.54. The van der Waals surface area contributed by atoms with E-state index in [-0.39, 0.29) is 0 Å². The van der Waals surface area contributed by atoms with Crippen molar-refractivity contribution in [3.8, 4) is 89.8 Å². The Morgan fingerprint density at radius 2 is 0.743 bits per heavy atom. The molecule has 2 heterocycles. The maximum Gasteiger partial charge on any atom is 0.135 e. The summed E-state index contributed by atoms with van der Waals surface area (Å²) in [5.41, 5.74) is 14.1. The smallest absolute Gasteiger partial charge is 0.135 e. The van der Waals surface area contributed by atoms with Crippen molar-refractivity contribution in [2.24, 2.45) is 0 Å². The van der Waals surface area contributed by atoms with Crippen molar-refractivity contribution in [2.45, 2.75) is 0 Å². The zero-order valence-electron chi connectivity index (χ0n) is 39.9. The molecular weight excluding hydrogens is 897 g/mol. The molecule has 0 N–H and O–H groups in total. The molecule has 2 nitrogen and oxygen atoms in total. The lowest BCUT2D eigenvalue weighted by Gasteiger charge is -2.25. The third kappa shape index (κ3) is 5.60. The van der Waals surface area contributed by atoms with Crippen LogP contribution in [0.3, 0.4) is 0 Å². The van der Waals surface area contributed by atoms with Gasteiger partial charge in [-0.15, -0.1) is 0 Å². The van der Waals surface area contributed by atoms with Crippen molar-refractivity contribution in [2.75, 3.05) is 0 Å². The highest BCUT2D eigenvalue weighted by molar-refractivity contribution is 6.26. The van der Waals surface area contributed by atoms with E-state index in [1.165, 1.54) is 120 Å². The lowest BCUT2D eigenvalue weighted by molar-refractivity contribution is 0.487. The minimum absolute atomic E-state index is 0.870. The second-order valence-corrected chi connectivity index (χ2v) is 20.2. The van der Waals surface area contributed by atoms with Crippen LogP contribution in [0.4, 0.5) is 0 Å². The number of hydrogen-bond donors (Lipinski definition) is 0. The van der Waals surface area contributed by atoms with E-state index >= 15 is 0 Å². The van der Waals surface area contributed by atoms with Gasteiger partial charge in [0.1, 0.15) is 23.0 Å². The molecule has 0 aromatic heterocycles. The van der Waals surface area contributed by atoms with Crippen molar-refractivity contribution in [1.29, 1.82) is 0 Å². The van der Waals surface area contributed by atoms with Crippen LogP contribution in [0.15, 0.2) is 243 Å².